The molecule has 96 valence electrons. The van der Waals surface area contributed by atoms with Crippen molar-refractivity contribution in [3.05, 3.63) is 34.9 Å². The molecule has 4 heteroatoms. The zero-order valence-corrected chi connectivity index (χ0v) is 11.4. The number of hydrogen-bond donors (Lipinski definition) is 2. The molecule has 1 saturated heterocycles. The first-order valence-corrected chi connectivity index (χ1v) is 6.18. The van der Waals surface area contributed by atoms with Gasteiger partial charge >= 0.3 is 0 Å². The van der Waals surface area contributed by atoms with E-state index in [2.05, 4.69) is 11.4 Å². The first kappa shape index (κ1) is 14.8. The minimum atomic E-state index is 0. The van der Waals surface area contributed by atoms with Gasteiger partial charge in [0.25, 0.3) is 0 Å². The maximum atomic E-state index is 9.60. The lowest BCUT2D eigenvalue weighted by Gasteiger charge is -2.36. The van der Waals surface area contributed by atoms with Crippen LogP contribution in [0, 0.1) is 5.41 Å². The minimum absolute atomic E-state index is 0. The number of rotatable bonds is 3. The number of hydrogen-bond acceptors (Lipinski definition) is 2. The normalized spacial score (nSPS) is 24.1. The first-order chi connectivity index (χ1) is 7.74. The average Bonchev–Trinajstić information content (AvgIpc) is 2.30. The van der Waals surface area contributed by atoms with Crippen LogP contribution in [0.25, 0.3) is 0 Å². The molecule has 17 heavy (non-hydrogen) atoms. The highest BCUT2D eigenvalue weighted by Crippen LogP contribution is 2.30. The van der Waals surface area contributed by atoms with Crippen LogP contribution < -0.4 is 5.32 Å². The highest BCUT2D eigenvalue weighted by Gasteiger charge is 2.31. The van der Waals surface area contributed by atoms with Gasteiger partial charge in [-0.2, -0.15) is 0 Å². The second-order valence-electron chi connectivity index (χ2n) is 4.75. The van der Waals surface area contributed by atoms with Gasteiger partial charge in [-0.15, -0.1) is 12.4 Å². The molecule has 0 saturated carbocycles. The summed E-state index contributed by atoms with van der Waals surface area (Å²) in [5.41, 5.74) is 1.22. The van der Waals surface area contributed by atoms with Gasteiger partial charge in [0.2, 0.25) is 0 Å². The number of benzene rings is 1. The number of aliphatic hydroxyl groups is 1. The Hall–Kier alpha value is -0.280. The summed E-state index contributed by atoms with van der Waals surface area (Å²) in [5.74, 6) is 0. The number of halogens is 2. The molecule has 2 N–H and O–H groups in total. The smallest absolute Gasteiger partial charge is 0.0502 e. The van der Waals surface area contributed by atoms with Crippen molar-refractivity contribution in [1.82, 2.24) is 5.32 Å². The van der Waals surface area contributed by atoms with Crippen LogP contribution in [0.5, 0.6) is 0 Å². The summed E-state index contributed by atoms with van der Waals surface area (Å²) in [6.45, 7) is 2.21. The predicted molar refractivity (Wildman–Crippen MR) is 74.0 cm³/mol. The van der Waals surface area contributed by atoms with Crippen molar-refractivity contribution < 1.29 is 5.11 Å². The Kier molecular flexibility index (Phi) is 5.74. The van der Waals surface area contributed by atoms with Crippen LogP contribution in [-0.2, 0) is 6.42 Å². The molecule has 1 fully saturated rings. The maximum Gasteiger partial charge on any atom is 0.0502 e. The van der Waals surface area contributed by atoms with Crippen molar-refractivity contribution in [1.29, 1.82) is 0 Å². The van der Waals surface area contributed by atoms with E-state index in [1.165, 1.54) is 5.56 Å². The van der Waals surface area contributed by atoms with E-state index in [-0.39, 0.29) is 24.4 Å². The van der Waals surface area contributed by atoms with E-state index in [9.17, 15) is 5.11 Å². The monoisotopic (exact) mass is 275 g/mol. The summed E-state index contributed by atoms with van der Waals surface area (Å²) in [5, 5.41) is 13.7. The van der Waals surface area contributed by atoms with Crippen molar-refractivity contribution in [3.63, 3.8) is 0 Å². The molecule has 0 aliphatic carbocycles. The van der Waals surface area contributed by atoms with E-state index in [1.807, 2.05) is 18.2 Å². The third-order valence-corrected chi connectivity index (χ3v) is 3.60. The SMILES string of the molecule is Cl.OCC1(Cc2cccc(Cl)c2)CCCNC1. The largest absolute Gasteiger partial charge is 0.396 e. The zero-order valence-electron chi connectivity index (χ0n) is 9.79. The van der Waals surface area contributed by atoms with Crippen LogP contribution in [0.2, 0.25) is 5.02 Å². The number of nitrogens with one attached hydrogen (secondary N) is 1. The maximum absolute atomic E-state index is 9.60. The molecule has 0 aromatic heterocycles. The summed E-state index contributed by atoms with van der Waals surface area (Å²) in [6, 6.07) is 7.93. The Balaban J connectivity index is 0.00000144. The predicted octanol–water partition coefficient (Wildman–Crippen LogP) is 2.67. The topological polar surface area (TPSA) is 32.3 Å². The molecule has 2 rings (SSSR count). The molecule has 0 spiro atoms. The molecule has 1 aromatic carbocycles. The van der Waals surface area contributed by atoms with Gasteiger partial charge in [0.05, 0.1) is 6.61 Å². The molecule has 1 atom stereocenters. The van der Waals surface area contributed by atoms with Gasteiger partial charge in [0.1, 0.15) is 0 Å². The zero-order chi connectivity index (χ0) is 11.4. The lowest BCUT2D eigenvalue weighted by Crippen LogP contribution is -2.44. The van der Waals surface area contributed by atoms with E-state index in [0.717, 1.165) is 37.4 Å². The third kappa shape index (κ3) is 3.85. The third-order valence-electron chi connectivity index (χ3n) is 3.36. The summed E-state index contributed by atoms with van der Waals surface area (Å²) >= 11 is 5.97. The van der Waals surface area contributed by atoms with Crippen molar-refractivity contribution in [2.24, 2.45) is 5.41 Å². The van der Waals surface area contributed by atoms with Crippen LogP contribution in [0.1, 0.15) is 18.4 Å². The fraction of sp³-hybridized carbons (Fsp3) is 0.538. The van der Waals surface area contributed by atoms with Crippen LogP contribution in [0.15, 0.2) is 24.3 Å². The van der Waals surface area contributed by atoms with E-state index >= 15 is 0 Å². The second-order valence-corrected chi connectivity index (χ2v) is 5.18. The molecule has 1 heterocycles. The Labute approximate surface area is 114 Å². The fourth-order valence-electron chi connectivity index (χ4n) is 2.45. The summed E-state index contributed by atoms with van der Waals surface area (Å²) in [4.78, 5) is 0. The molecule has 0 bridgehead atoms. The van der Waals surface area contributed by atoms with Gasteiger partial charge in [-0.3, -0.25) is 0 Å². The van der Waals surface area contributed by atoms with E-state index in [0.29, 0.717) is 0 Å². The van der Waals surface area contributed by atoms with E-state index < -0.39 is 0 Å². The Morgan fingerprint density at radius 3 is 2.82 bits per heavy atom. The quantitative estimate of drug-likeness (QED) is 0.889. The molecule has 1 aliphatic heterocycles. The molecule has 1 unspecified atom stereocenters. The van der Waals surface area contributed by atoms with Gasteiger partial charge in [-0.25, -0.2) is 0 Å². The second kappa shape index (κ2) is 6.60. The standard InChI is InChI=1S/C13H18ClNO.ClH/c14-12-4-1-3-11(7-12)8-13(10-16)5-2-6-15-9-13;/h1,3-4,7,15-16H,2,5-6,8-10H2;1H. The van der Waals surface area contributed by atoms with Crippen molar-refractivity contribution in [3.8, 4) is 0 Å². The molecular weight excluding hydrogens is 257 g/mol. The highest BCUT2D eigenvalue weighted by atomic mass is 35.5. The van der Waals surface area contributed by atoms with Gasteiger partial charge < -0.3 is 10.4 Å². The van der Waals surface area contributed by atoms with Gasteiger partial charge in [0.15, 0.2) is 0 Å². The average molecular weight is 276 g/mol. The molecule has 1 aliphatic rings. The molecular formula is C13H19Cl2NO. The van der Waals surface area contributed by atoms with Gasteiger partial charge in [-0.05, 0) is 43.5 Å². The minimum Gasteiger partial charge on any atom is -0.396 e. The van der Waals surface area contributed by atoms with Crippen LogP contribution in [0.4, 0.5) is 0 Å². The van der Waals surface area contributed by atoms with E-state index in [4.69, 9.17) is 11.6 Å². The summed E-state index contributed by atoms with van der Waals surface area (Å²) in [7, 11) is 0. The summed E-state index contributed by atoms with van der Waals surface area (Å²) < 4.78 is 0. The first-order valence-electron chi connectivity index (χ1n) is 5.80. The fourth-order valence-corrected chi connectivity index (χ4v) is 2.66. The Morgan fingerprint density at radius 1 is 1.41 bits per heavy atom. The molecule has 1 aromatic rings. The lowest BCUT2D eigenvalue weighted by molar-refractivity contribution is 0.0948. The van der Waals surface area contributed by atoms with Crippen LogP contribution in [0.3, 0.4) is 0 Å². The molecule has 0 amide bonds. The van der Waals surface area contributed by atoms with Crippen molar-refractivity contribution >= 4 is 24.0 Å². The van der Waals surface area contributed by atoms with E-state index in [1.54, 1.807) is 0 Å². The highest BCUT2D eigenvalue weighted by molar-refractivity contribution is 6.30. The van der Waals surface area contributed by atoms with Crippen LogP contribution >= 0.6 is 24.0 Å². The van der Waals surface area contributed by atoms with Crippen LogP contribution in [-0.4, -0.2) is 24.8 Å². The molecule has 0 radical (unpaired) electrons. The summed E-state index contributed by atoms with van der Waals surface area (Å²) in [6.07, 6.45) is 3.13. The lowest BCUT2D eigenvalue weighted by atomic mass is 9.76. The van der Waals surface area contributed by atoms with Gasteiger partial charge in [0, 0.05) is 17.0 Å². The Bertz CT molecular complexity index is 351. The number of aliphatic hydroxyl groups excluding tert-OH is 1. The number of piperidine rings is 1. The Morgan fingerprint density at radius 2 is 2.24 bits per heavy atom. The van der Waals surface area contributed by atoms with Crippen molar-refractivity contribution in [2.75, 3.05) is 19.7 Å². The van der Waals surface area contributed by atoms with Gasteiger partial charge in [-0.1, -0.05) is 23.7 Å². The molecule has 2 nitrogen and oxygen atoms in total. The van der Waals surface area contributed by atoms with Crippen molar-refractivity contribution in [2.45, 2.75) is 19.3 Å².